The second kappa shape index (κ2) is 8.43. The summed E-state index contributed by atoms with van der Waals surface area (Å²) in [5.41, 5.74) is 0.0384. The highest BCUT2D eigenvalue weighted by Crippen LogP contribution is 2.18. The molecular weight excluding hydrogens is 392 g/mol. The number of hydrogen-bond donors (Lipinski definition) is 1. The van der Waals surface area contributed by atoms with Crippen LogP contribution >= 0.6 is 0 Å². The van der Waals surface area contributed by atoms with Crippen LogP contribution in [0, 0.1) is 17.0 Å². The molecule has 30 heavy (non-hydrogen) atoms. The van der Waals surface area contributed by atoms with Crippen LogP contribution in [-0.2, 0) is 16.6 Å². The number of benzene rings is 2. The van der Waals surface area contributed by atoms with E-state index in [1.807, 2.05) is 6.07 Å². The van der Waals surface area contributed by atoms with Gasteiger partial charge >= 0.3 is 5.97 Å². The summed E-state index contributed by atoms with van der Waals surface area (Å²) >= 11 is 0. The van der Waals surface area contributed by atoms with Crippen molar-refractivity contribution >= 4 is 23.3 Å². The Bertz CT molecular complexity index is 1180. The van der Waals surface area contributed by atoms with Gasteiger partial charge in [-0.2, -0.15) is 0 Å². The monoisotopic (exact) mass is 410 g/mol. The van der Waals surface area contributed by atoms with E-state index in [0.29, 0.717) is 11.4 Å². The normalized spacial score (nSPS) is 10.5. The molecule has 0 aliphatic carbocycles. The van der Waals surface area contributed by atoms with Crippen LogP contribution in [0.2, 0.25) is 0 Å². The first-order valence-electron chi connectivity index (χ1n) is 8.85. The number of nitro benzene ring substituents is 1. The van der Waals surface area contributed by atoms with Crippen molar-refractivity contribution in [2.45, 2.75) is 6.92 Å². The predicted octanol–water partition coefficient (Wildman–Crippen LogP) is 2.19. The molecule has 2 aromatic carbocycles. The summed E-state index contributed by atoms with van der Waals surface area (Å²) in [7, 11) is 1.67. The lowest BCUT2D eigenvalue weighted by Crippen LogP contribution is -2.26. The average molecular weight is 410 g/mol. The summed E-state index contributed by atoms with van der Waals surface area (Å²) in [6.45, 7) is 0.958. The SMILES string of the molecule is Cc1c(NC(=O)COC(=O)c2ccccc2[N+](=O)[O-])c(=O)n(-c2ccccc2)n1C. The van der Waals surface area contributed by atoms with Crippen LogP contribution < -0.4 is 10.9 Å². The van der Waals surface area contributed by atoms with E-state index in [-0.39, 0.29) is 11.3 Å². The third kappa shape index (κ3) is 3.97. The maximum Gasteiger partial charge on any atom is 0.345 e. The molecule has 0 aliphatic rings. The number of rotatable bonds is 6. The van der Waals surface area contributed by atoms with Crippen molar-refractivity contribution < 1.29 is 19.2 Å². The molecule has 0 atom stereocenters. The number of para-hydroxylation sites is 2. The summed E-state index contributed by atoms with van der Waals surface area (Å²) < 4.78 is 7.87. The number of nitro groups is 1. The average Bonchev–Trinajstić information content (AvgIpc) is 2.95. The van der Waals surface area contributed by atoms with E-state index in [1.54, 1.807) is 42.9 Å². The number of nitrogens with zero attached hydrogens (tertiary/aromatic N) is 3. The lowest BCUT2D eigenvalue weighted by Gasteiger charge is -2.07. The quantitative estimate of drug-likeness (QED) is 0.377. The minimum atomic E-state index is -1.01. The van der Waals surface area contributed by atoms with Gasteiger partial charge in [-0.3, -0.25) is 24.4 Å². The smallest absolute Gasteiger partial charge is 0.345 e. The first-order valence-corrected chi connectivity index (χ1v) is 8.85. The standard InChI is InChI=1S/C20H18N4O6/c1-13-18(19(26)23(22(13)2)14-8-4-3-5-9-14)21-17(25)12-30-20(27)15-10-6-7-11-16(15)24(28)29/h3-11H,12H2,1-2H3,(H,21,25). The van der Waals surface area contributed by atoms with Gasteiger partial charge in [-0.05, 0) is 25.1 Å². The Kier molecular flexibility index (Phi) is 5.77. The molecule has 1 N–H and O–H groups in total. The minimum Gasteiger partial charge on any atom is -0.452 e. The van der Waals surface area contributed by atoms with E-state index in [9.17, 15) is 24.5 Å². The third-order valence-electron chi connectivity index (χ3n) is 4.47. The zero-order valence-corrected chi connectivity index (χ0v) is 16.2. The van der Waals surface area contributed by atoms with Gasteiger partial charge in [-0.25, -0.2) is 9.48 Å². The fraction of sp³-hybridized carbons (Fsp3) is 0.150. The molecule has 3 rings (SSSR count). The summed E-state index contributed by atoms with van der Waals surface area (Å²) in [6, 6.07) is 14.1. The molecule has 0 radical (unpaired) electrons. The fourth-order valence-electron chi connectivity index (χ4n) is 2.90. The van der Waals surface area contributed by atoms with Gasteiger partial charge in [0.2, 0.25) is 0 Å². The molecule has 0 saturated carbocycles. The molecule has 1 aromatic heterocycles. The Morgan fingerprint density at radius 3 is 2.40 bits per heavy atom. The number of carbonyl (C=O) groups excluding carboxylic acids is 2. The molecule has 1 heterocycles. The molecular formula is C20H18N4O6. The Balaban J connectivity index is 1.74. The van der Waals surface area contributed by atoms with E-state index < -0.39 is 34.7 Å². The van der Waals surface area contributed by atoms with Gasteiger partial charge in [0, 0.05) is 13.1 Å². The Hall–Kier alpha value is -4.21. The molecule has 0 fully saturated rings. The largest absolute Gasteiger partial charge is 0.452 e. The molecule has 1 amide bonds. The van der Waals surface area contributed by atoms with Crippen LogP contribution in [0.15, 0.2) is 59.4 Å². The van der Waals surface area contributed by atoms with Crippen LogP contribution in [-0.4, -0.2) is 32.8 Å². The van der Waals surface area contributed by atoms with E-state index >= 15 is 0 Å². The maximum atomic E-state index is 12.8. The Morgan fingerprint density at radius 1 is 1.10 bits per heavy atom. The van der Waals surface area contributed by atoms with Crippen LogP contribution in [0.1, 0.15) is 16.1 Å². The molecule has 10 nitrogen and oxygen atoms in total. The predicted molar refractivity (Wildman–Crippen MR) is 108 cm³/mol. The van der Waals surface area contributed by atoms with Crippen LogP contribution in [0.5, 0.6) is 0 Å². The summed E-state index contributed by atoms with van der Waals surface area (Å²) in [5, 5.41) is 13.5. The second-order valence-corrected chi connectivity index (χ2v) is 6.34. The van der Waals surface area contributed by atoms with Crippen molar-refractivity contribution in [3.05, 3.63) is 86.3 Å². The highest BCUT2D eigenvalue weighted by molar-refractivity contribution is 5.97. The molecule has 154 valence electrons. The number of carbonyl (C=O) groups is 2. The van der Waals surface area contributed by atoms with Crippen molar-refractivity contribution in [3.63, 3.8) is 0 Å². The van der Waals surface area contributed by atoms with Crippen molar-refractivity contribution in [2.24, 2.45) is 7.05 Å². The zero-order chi connectivity index (χ0) is 21.8. The number of nitrogens with one attached hydrogen (secondary N) is 1. The number of amides is 1. The Morgan fingerprint density at radius 2 is 1.73 bits per heavy atom. The van der Waals surface area contributed by atoms with Crippen LogP contribution in [0.3, 0.4) is 0 Å². The van der Waals surface area contributed by atoms with Crippen LogP contribution in [0.25, 0.3) is 5.69 Å². The van der Waals surface area contributed by atoms with Crippen LogP contribution in [0.4, 0.5) is 11.4 Å². The number of aromatic nitrogens is 2. The van der Waals surface area contributed by atoms with Gasteiger partial charge < -0.3 is 10.1 Å². The van der Waals surface area contributed by atoms with Crippen molar-refractivity contribution in [1.29, 1.82) is 0 Å². The van der Waals surface area contributed by atoms with Crippen molar-refractivity contribution in [3.8, 4) is 5.69 Å². The molecule has 0 saturated heterocycles. The minimum absolute atomic E-state index is 0.0492. The molecule has 3 aromatic rings. The van der Waals surface area contributed by atoms with E-state index in [2.05, 4.69) is 5.32 Å². The highest BCUT2D eigenvalue weighted by atomic mass is 16.6. The fourth-order valence-corrected chi connectivity index (χ4v) is 2.90. The summed E-state index contributed by atoms with van der Waals surface area (Å²) in [4.78, 5) is 47.4. The third-order valence-corrected chi connectivity index (χ3v) is 4.47. The maximum absolute atomic E-state index is 12.8. The highest BCUT2D eigenvalue weighted by Gasteiger charge is 2.22. The van der Waals surface area contributed by atoms with E-state index in [0.717, 1.165) is 6.07 Å². The number of anilines is 1. The topological polar surface area (TPSA) is 125 Å². The Labute approximate surface area is 170 Å². The zero-order valence-electron chi connectivity index (χ0n) is 16.2. The van der Waals surface area contributed by atoms with Gasteiger partial charge in [0.1, 0.15) is 11.3 Å². The number of ether oxygens (including phenoxy) is 1. The lowest BCUT2D eigenvalue weighted by atomic mass is 10.2. The first-order chi connectivity index (χ1) is 14.3. The van der Waals surface area contributed by atoms with Crippen molar-refractivity contribution in [1.82, 2.24) is 9.36 Å². The molecule has 0 bridgehead atoms. The molecule has 0 aliphatic heterocycles. The molecule has 0 spiro atoms. The van der Waals surface area contributed by atoms with Crippen molar-refractivity contribution in [2.75, 3.05) is 11.9 Å². The molecule has 10 heteroatoms. The van der Waals surface area contributed by atoms with Gasteiger partial charge in [-0.1, -0.05) is 30.3 Å². The number of hydrogen-bond acceptors (Lipinski definition) is 6. The summed E-state index contributed by atoms with van der Waals surface area (Å²) in [5.74, 6) is -1.75. The summed E-state index contributed by atoms with van der Waals surface area (Å²) in [6.07, 6.45) is 0. The van der Waals surface area contributed by atoms with Gasteiger partial charge in [0.15, 0.2) is 6.61 Å². The van der Waals surface area contributed by atoms with Gasteiger partial charge in [0.05, 0.1) is 16.3 Å². The first kappa shape index (κ1) is 20.5. The second-order valence-electron chi connectivity index (χ2n) is 6.34. The van der Waals surface area contributed by atoms with Gasteiger partial charge in [-0.15, -0.1) is 0 Å². The van der Waals surface area contributed by atoms with Gasteiger partial charge in [0.25, 0.3) is 17.2 Å². The molecule has 0 unspecified atom stereocenters. The van der Waals surface area contributed by atoms with E-state index in [4.69, 9.17) is 4.74 Å². The van der Waals surface area contributed by atoms with E-state index in [1.165, 1.54) is 22.9 Å². The lowest BCUT2D eigenvalue weighted by molar-refractivity contribution is -0.385. The number of esters is 1.